The highest BCUT2D eigenvalue weighted by Crippen LogP contribution is 2.61. The molecule has 3 aromatic rings. The Morgan fingerprint density at radius 3 is 1.71 bits per heavy atom. The van der Waals surface area contributed by atoms with Crippen LogP contribution < -0.4 is 0 Å². The van der Waals surface area contributed by atoms with E-state index in [0.29, 0.717) is 0 Å². The molecule has 0 fully saturated rings. The van der Waals surface area contributed by atoms with Gasteiger partial charge in [0.1, 0.15) is 5.82 Å². The van der Waals surface area contributed by atoms with Gasteiger partial charge in [0.05, 0.1) is 5.69 Å². The predicted octanol–water partition coefficient (Wildman–Crippen LogP) is 7.10. The first-order valence-corrected chi connectivity index (χ1v) is 11.2. The standard InChI is InChI=1S/C28H35N3/c1-25(2,3)24-30-16-20(17-31-24)19-11-13-23(29-15-19)18-10-12-21-22(14-18)27(6,7)28(8,9)26(21,4)5/h10-17H,1-9H3. The van der Waals surface area contributed by atoms with E-state index in [2.05, 4.69) is 103 Å². The van der Waals surface area contributed by atoms with Gasteiger partial charge in [0.25, 0.3) is 0 Å². The van der Waals surface area contributed by atoms with E-state index in [9.17, 15) is 0 Å². The molecular formula is C28H35N3. The first-order valence-electron chi connectivity index (χ1n) is 11.2. The Hall–Kier alpha value is -2.55. The van der Waals surface area contributed by atoms with E-state index in [1.165, 1.54) is 16.7 Å². The van der Waals surface area contributed by atoms with Crippen LogP contribution in [0.25, 0.3) is 22.4 Å². The summed E-state index contributed by atoms with van der Waals surface area (Å²) in [6.07, 6.45) is 5.72. The third-order valence-electron chi connectivity index (χ3n) is 8.21. The zero-order chi connectivity index (χ0) is 22.8. The Morgan fingerprint density at radius 1 is 0.613 bits per heavy atom. The molecule has 0 unspecified atom stereocenters. The summed E-state index contributed by atoms with van der Waals surface area (Å²) in [5, 5.41) is 0. The molecule has 0 radical (unpaired) electrons. The summed E-state index contributed by atoms with van der Waals surface area (Å²) in [5.74, 6) is 0.854. The van der Waals surface area contributed by atoms with Crippen LogP contribution in [0.15, 0.2) is 48.9 Å². The Morgan fingerprint density at radius 2 is 1.16 bits per heavy atom. The fourth-order valence-corrected chi connectivity index (χ4v) is 4.82. The predicted molar refractivity (Wildman–Crippen MR) is 129 cm³/mol. The van der Waals surface area contributed by atoms with Crippen molar-refractivity contribution in [3.8, 4) is 22.4 Å². The van der Waals surface area contributed by atoms with Gasteiger partial charge < -0.3 is 0 Å². The van der Waals surface area contributed by atoms with Crippen molar-refractivity contribution in [3.05, 3.63) is 65.9 Å². The van der Waals surface area contributed by atoms with Gasteiger partial charge in [0.2, 0.25) is 0 Å². The average Bonchev–Trinajstić information content (AvgIpc) is 2.82. The third kappa shape index (κ3) is 3.21. The highest BCUT2D eigenvalue weighted by atomic mass is 14.9. The van der Waals surface area contributed by atoms with Gasteiger partial charge >= 0.3 is 0 Å². The van der Waals surface area contributed by atoms with Gasteiger partial charge in [-0.2, -0.15) is 0 Å². The number of benzene rings is 1. The first kappa shape index (κ1) is 21.7. The van der Waals surface area contributed by atoms with Crippen molar-refractivity contribution in [2.45, 2.75) is 78.6 Å². The fraction of sp³-hybridized carbons (Fsp3) is 0.464. The minimum atomic E-state index is -0.0505. The highest BCUT2D eigenvalue weighted by Gasteiger charge is 2.56. The molecule has 0 aliphatic heterocycles. The van der Waals surface area contributed by atoms with Crippen LogP contribution in [0, 0.1) is 5.41 Å². The van der Waals surface area contributed by atoms with Gasteiger partial charge in [0.15, 0.2) is 0 Å². The Labute approximate surface area is 187 Å². The van der Waals surface area contributed by atoms with Gasteiger partial charge in [-0.05, 0) is 39.5 Å². The van der Waals surface area contributed by atoms with Crippen LogP contribution in [0.3, 0.4) is 0 Å². The van der Waals surface area contributed by atoms with E-state index >= 15 is 0 Å². The van der Waals surface area contributed by atoms with Crippen molar-refractivity contribution in [2.24, 2.45) is 5.41 Å². The summed E-state index contributed by atoms with van der Waals surface area (Å²) >= 11 is 0. The van der Waals surface area contributed by atoms with Crippen molar-refractivity contribution in [1.29, 1.82) is 0 Å². The second-order valence-electron chi connectivity index (χ2n) is 11.6. The second-order valence-corrected chi connectivity index (χ2v) is 11.6. The molecule has 2 heterocycles. The van der Waals surface area contributed by atoms with Crippen molar-refractivity contribution >= 4 is 0 Å². The van der Waals surface area contributed by atoms with E-state index in [0.717, 1.165) is 22.6 Å². The van der Waals surface area contributed by atoms with Gasteiger partial charge in [-0.15, -0.1) is 0 Å². The van der Waals surface area contributed by atoms with E-state index in [1.54, 1.807) is 0 Å². The van der Waals surface area contributed by atoms with Crippen LogP contribution in [0.5, 0.6) is 0 Å². The molecule has 0 saturated heterocycles. The Balaban J connectivity index is 1.67. The Kier molecular flexibility index (Phi) is 4.70. The SMILES string of the molecule is CC(C)(C)c1ncc(-c2ccc(-c3ccc4c(c3)C(C)(C)C(C)(C)C4(C)C)nc2)cn1. The van der Waals surface area contributed by atoms with E-state index in [1.807, 2.05) is 18.6 Å². The molecule has 0 N–H and O–H groups in total. The van der Waals surface area contributed by atoms with E-state index < -0.39 is 0 Å². The minimum Gasteiger partial charge on any atom is -0.256 e. The fourth-order valence-electron chi connectivity index (χ4n) is 4.82. The molecule has 3 heteroatoms. The molecule has 0 amide bonds. The number of fused-ring (bicyclic) bond motifs is 1. The molecule has 1 aliphatic rings. The van der Waals surface area contributed by atoms with Crippen LogP contribution in [0.4, 0.5) is 0 Å². The molecule has 3 nitrogen and oxygen atoms in total. The molecule has 1 aromatic carbocycles. The Bertz CT molecular complexity index is 1110. The van der Waals surface area contributed by atoms with Gasteiger partial charge in [-0.1, -0.05) is 80.5 Å². The molecular weight excluding hydrogens is 378 g/mol. The monoisotopic (exact) mass is 413 g/mol. The quantitative estimate of drug-likeness (QED) is 0.450. The van der Waals surface area contributed by atoms with Crippen molar-refractivity contribution in [2.75, 3.05) is 0 Å². The zero-order valence-electron chi connectivity index (χ0n) is 20.5. The summed E-state index contributed by atoms with van der Waals surface area (Å²) in [7, 11) is 0. The van der Waals surface area contributed by atoms with Gasteiger partial charge in [-0.3, -0.25) is 4.98 Å². The summed E-state index contributed by atoms with van der Waals surface area (Å²) < 4.78 is 0. The molecule has 162 valence electrons. The number of pyridine rings is 1. The maximum Gasteiger partial charge on any atom is 0.133 e. The van der Waals surface area contributed by atoms with Crippen LogP contribution >= 0.6 is 0 Å². The van der Waals surface area contributed by atoms with Gasteiger partial charge in [-0.25, -0.2) is 9.97 Å². The average molecular weight is 414 g/mol. The number of rotatable bonds is 2. The number of aromatic nitrogens is 3. The molecule has 0 saturated carbocycles. The minimum absolute atomic E-state index is 0.0505. The van der Waals surface area contributed by atoms with Crippen LogP contribution in [-0.4, -0.2) is 15.0 Å². The number of hydrogen-bond acceptors (Lipinski definition) is 3. The lowest BCUT2D eigenvalue weighted by molar-refractivity contribution is 0.125. The first-order chi connectivity index (χ1) is 14.3. The third-order valence-corrected chi connectivity index (χ3v) is 8.21. The molecule has 2 aromatic heterocycles. The van der Waals surface area contributed by atoms with Crippen molar-refractivity contribution < 1.29 is 0 Å². The van der Waals surface area contributed by atoms with Crippen LogP contribution in [0.2, 0.25) is 0 Å². The summed E-state index contributed by atoms with van der Waals surface area (Å²) in [4.78, 5) is 13.9. The smallest absolute Gasteiger partial charge is 0.133 e. The van der Waals surface area contributed by atoms with Gasteiger partial charge in [0, 0.05) is 40.7 Å². The molecule has 0 atom stereocenters. The normalized spacial score (nSPS) is 18.6. The lowest BCUT2D eigenvalue weighted by atomic mass is 9.59. The maximum absolute atomic E-state index is 4.79. The molecule has 4 rings (SSSR count). The number of nitrogens with zero attached hydrogens (tertiary/aromatic N) is 3. The number of hydrogen-bond donors (Lipinski definition) is 0. The largest absolute Gasteiger partial charge is 0.256 e. The highest BCUT2D eigenvalue weighted by molar-refractivity contribution is 5.68. The van der Waals surface area contributed by atoms with Crippen molar-refractivity contribution in [1.82, 2.24) is 15.0 Å². The van der Waals surface area contributed by atoms with Crippen molar-refractivity contribution in [3.63, 3.8) is 0 Å². The van der Waals surface area contributed by atoms with Crippen LogP contribution in [0.1, 0.15) is 79.3 Å². The lowest BCUT2D eigenvalue weighted by Gasteiger charge is -2.44. The lowest BCUT2D eigenvalue weighted by Crippen LogP contribution is -2.42. The summed E-state index contributed by atoms with van der Waals surface area (Å²) in [5.41, 5.74) is 7.43. The molecule has 0 bridgehead atoms. The molecule has 31 heavy (non-hydrogen) atoms. The zero-order valence-corrected chi connectivity index (χ0v) is 20.5. The summed E-state index contributed by atoms with van der Waals surface area (Å²) in [6.45, 7) is 20.7. The van der Waals surface area contributed by atoms with E-state index in [4.69, 9.17) is 4.98 Å². The maximum atomic E-state index is 4.79. The van der Waals surface area contributed by atoms with Crippen LogP contribution in [-0.2, 0) is 16.2 Å². The topological polar surface area (TPSA) is 38.7 Å². The molecule has 0 spiro atoms. The molecule has 1 aliphatic carbocycles. The second kappa shape index (κ2) is 6.72. The summed E-state index contributed by atoms with van der Waals surface area (Å²) in [6, 6.07) is 11.1. The van der Waals surface area contributed by atoms with E-state index in [-0.39, 0.29) is 21.7 Å².